The zero-order valence-corrected chi connectivity index (χ0v) is 9.34. The Bertz CT molecular complexity index is 175. The molecule has 0 heterocycles. The summed E-state index contributed by atoms with van der Waals surface area (Å²) in [4.78, 5) is 11.6. The van der Waals surface area contributed by atoms with E-state index >= 15 is 0 Å². The monoisotopic (exact) mass is 202 g/mol. The summed E-state index contributed by atoms with van der Waals surface area (Å²) in [5.41, 5.74) is 4.95. The van der Waals surface area contributed by atoms with Gasteiger partial charge in [-0.15, -0.1) is 0 Å². The van der Waals surface area contributed by atoms with Crippen LogP contribution in [0.25, 0.3) is 0 Å². The van der Waals surface area contributed by atoms with Gasteiger partial charge in [-0.1, -0.05) is 13.8 Å². The van der Waals surface area contributed by atoms with Gasteiger partial charge < -0.3 is 16.2 Å². The highest BCUT2D eigenvalue weighted by atomic mass is 16.3. The van der Waals surface area contributed by atoms with Gasteiger partial charge >= 0.3 is 0 Å². The van der Waals surface area contributed by atoms with E-state index in [1.165, 1.54) is 0 Å². The number of amides is 1. The predicted molar refractivity (Wildman–Crippen MR) is 56.8 cm³/mol. The van der Waals surface area contributed by atoms with Crippen LogP contribution in [0.1, 0.15) is 33.6 Å². The number of nitrogens with two attached hydrogens (primary N) is 1. The molecule has 0 radical (unpaired) electrons. The van der Waals surface area contributed by atoms with Crippen molar-refractivity contribution in [3.8, 4) is 0 Å². The number of nitrogens with one attached hydrogen (secondary N) is 1. The highest BCUT2D eigenvalue weighted by molar-refractivity contribution is 5.79. The number of rotatable bonds is 6. The molecule has 0 aromatic heterocycles. The van der Waals surface area contributed by atoms with Crippen LogP contribution in [0.5, 0.6) is 0 Å². The molecule has 0 aliphatic heterocycles. The van der Waals surface area contributed by atoms with E-state index in [0.29, 0.717) is 13.0 Å². The molecule has 1 amide bonds. The number of carbonyl (C=O) groups excluding carboxylic acids is 1. The molecule has 4 nitrogen and oxygen atoms in total. The SMILES string of the molecule is CCC(CN)C(=O)NC(C)(CC)CO. The molecule has 84 valence electrons. The van der Waals surface area contributed by atoms with Gasteiger partial charge in [0.2, 0.25) is 5.91 Å². The van der Waals surface area contributed by atoms with E-state index in [0.717, 1.165) is 6.42 Å². The Morgan fingerprint density at radius 1 is 1.57 bits per heavy atom. The average molecular weight is 202 g/mol. The van der Waals surface area contributed by atoms with Gasteiger partial charge in [-0.2, -0.15) is 0 Å². The lowest BCUT2D eigenvalue weighted by molar-refractivity contribution is -0.127. The van der Waals surface area contributed by atoms with E-state index in [9.17, 15) is 4.79 Å². The van der Waals surface area contributed by atoms with E-state index in [1.807, 2.05) is 20.8 Å². The second kappa shape index (κ2) is 5.98. The van der Waals surface area contributed by atoms with Crippen molar-refractivity contribution < 1.29 is 9.90 Å². The molecule has 4 heteroatoms. The largest absolute Gasteiger partial charge is 0.394 e. The molecule has 0 saturated heterocycles. The molecule has 0 saturated carbocycles. The quantitative estimate of drug-likeness (QED) is 0.578. The molecule has 4 N–H and O–H groups in total. The molecule has 0 bridgehead atoms. The van der Waals surface area contributed by atoms with Crippen molar-refractivity contribution >= 4 is 5.91 Å². The lowest BCUT2D eigenvalue weighted by Crippen LogP contribution is -2.51. The fraction of sp³-hybridized carbons (Fsp3) is 0.900. The first-order valence-corrected chi connectivity index (χ1v) is 5.16. The molecular formula is C10H22N2O2. The molecule has 0 rings (SSSR count). The highest BCUT2D eigenvalue weighted by Crippen LogP contribution is 2.10. The van der Waals surface area contributed by atoms with Crippen molar-refractivity contribution in [2.24, 2.45) is 11.7 Å². The summed E-state index contributed by atoms with van der Waals surface area (Å²) < 4.78 is 0. The molecule has 0 aromatic carbocycles. The third-order valence-corrected chi connectivity index (χ3v) is 2.70. The Morgan fingerprint density at radius 2 is 2.14 bits per heavy atom. The minimum Gasteiger partial charge on any atom is -0.394 e. The van der Waals surface area contributed by atoms with Crippen molar-refractivity contribution in [3.63, 3.8) is 0 Å². The van der Waals surface area contributed by atoms with Gasteiger partial charge in [0.1, 0.15) is 0 Å². The first kappa shape index (κ1) is 13.4. The normalized spacial score (nSPS) is 17.2. The molecule has 0 aromatic rings. The zero-order valence-electron chi connectivity index (χ0n) is 9.34. The summed E-state index contributed by atoms with van der Waals surface area (Å²) in [6, 6.07) is 0. The zero-order chi connectivity index (χ0) is 11.2. The maximum absolute atomic E-state index is 11.6. The van der Waals surface area contributed by atoms with Crippen LogP contribution in [0.4, 0.5) is 0 Å². The van der Waals surface area contributed by atoms with E-state index in [4.69, 9.17) is 10.8 Å². The lowest BCUT2D eigenvalue weighted by Gasteiger charge is -2.29. The first-order valence-electron chi connectivity index (χ1n) is 5.16. The van der Waals surface area contributed by atoms with Crippen LogP contribution in [-0.4, -0.2) is 29.7 Å². The third kappa shape index (κ3) is 3.64. The second-order valence-electron chi connectivity index (χ2n) is 3.90. The van der Waals surface area contributed by atoms with Gasteiger partial charge in [0, 0.05) is 12.5 Å². The summed E-state index contributed by atoms with van der Waals surface area (Å²) in [7, 11) is 0. The number of aliphatic hydroxyl groups excluding tert-OH is 1. The van der Waals surface area contributed by atoms with Gasteiger partial charge in [-0.05, 0) is 19.8 Å². The summed E-state index contributed by atoms with van der Waals surface area (Å²) in [6.07, 6.45) is 1.43. The standard InChI is InChI=1S/C10H22N2O2/c1-4-8(6-11)9(14)12-10(3,5-2)7-13/h8,13H,4-7,11H2,1-3H3,(H,12,14). The Hall–Kier alpha value is -0.610. The van der Waals surface area contributed by atoms with Crippen LogP contribution >= 0.6 is 0 Å². The Labute approximate surface area is 85.9 Å². The first-order chi connectivity index (χ1) is 6.52. The van der Waals surface area contributed by atoms with Crippen molar-refractivity contribution in [1.29, 1.82) is 0 Å². The molecule has 2 unspecified atom stereocenters. The van der Waals surface area contributed by atoms with Crippen LogP contribution in [0, 0.1) is 5.92 Å². The van der Waals surface area contributed by atoms with Crippen LogP contribution in [-0.2, 0) is 4.79 Å². The topological polar surface area (TPSA) is 75.4 Å². The number of carbonyl (C=O) groups is 1. The summed E-state index contributed by atoms with van der Waals surface area (Å²) >= 11 is 0. The molecule has 0 aliphatic rings. The summed E-state index contributed by atoms with van der Waals surface area (Å²) in [5, 5.41) is 11.9. The Kier molecular flexibility index (Phi) is 5.72. The van der Waals surface area contributed by atoms with Gasteiger partial charge in [-0.25, -0.2) is 0 Å². The van der Waals surface area contributed by atoms with Crippen molar-refractivity contribution in [1.82, 2.24) is 5.32 Å². The van der Waals surface area contributed by atoms with Crippen LogP contribution in [0.2, 0.25) is 0 Å². The van der Waals surface area contributed by atoms with E-state index in [1.54, 1.807) is 0 Å². The lowest BCUT2D eigenvalue weighted by atomic mass is 9.97. The number of hydrogen-bond acceptors (Lipinski definition) is 3. The highest BCUT2D eigenvalue weighted by Gasteiger charge is 2.26. The number of aliphatic hydroxyl groups is 1. The van der Waals surface area contributed by atoms with Crippen molar-refractivity contribution in [2.75, 3.05) is 13.2 Å². The molecule has 0 fully saturated rings. The molecular weight excluding hydrogens is 180 g/mol. The van der Waals surface area contributed by atoms with Crippen LogP contribution < -0.4 is 11.1 Å². The minimum atomic E-state index is -0.514. The average Bonchev–Trinajstić information content (AvgIpc) is 2.19. The fourth-order valence-corrected chi connectivity index (χ4v) is 1.10. The molecule has 0 aliphatic carbocycles. The Balaban J connectivity index is 4.28. The van der Waals surface area contributed by atoms with Gasteiger partial charge in [0.25, 0.3) is 0 Å². The van der Waals surface area contributed by atoms with E-state index in [2.05, 4.69) is 5.32 Å². The summed E-state index contributed by atoms with van der Waals surface area (Å²) in [6.45, 7) is 6.00. The van der Waals surface area contributed by atoms with Crippen molar-refractivity contribution in [2.45, 2.75) is 39.2 Å². The maximum atomic E-state index is 11.6. The third-order valence-electron chi connectivity index (χ3n) is 2.70. The Morgan fingerprint density at radius 3 is 2.43 bits per heavy atom. The van der Waals surface area contributed by atoms with Crippen LogP contribution in [0.3, 0.4) is 0 Å². The van der Waals surface area contributed by atoms with Gasteiger partial charge in [-0.3, -0.25) is 4.79 Å². The predicted octanol–water partition coefficient (Wildman–Crippen LogP) is 0.249. The number of hydrogen-bond donors (Lipinski definition) is 3. The maximum Gasteiger partial charge on any atom is 0.224 e. The summed E-state index contributed by atoms with van der Waals surface area (Å²) in [5.74, 6) is -0.208. The van der Waals surface area contributed by atoms with E-state index < -0.39 is 5.54 Å². The van der Waals surface area contributed by atoms with Gasteiger partial charge in [0.05, 0.1) is 12.1 Å². The minimum absolute atomic E-state index is 0.0454. The molecule has 14 heavy (non-hydrogen) atoms. The fourth-order valence-electron chi connectivity index (χ4n) is 1.10. The smallest absolute Gasteiger partial charge is 0.224 e. The molecule has 2 atom stereocenters. The van der Waals surface area contributed by atoms with Crippen molar-refractivity contribution in [3.05, 3.63) is 0 Å². The molecule has 0 spiro atoms. The van der Waals surface area contributed by atoms with Gasteiger partial charge in [0.15, 0.2) is 0 Å². The van der Waals surface area contributed by atoms with E-state index in [-0.39, 0.29) is 18.4 Å². The second-order valence-corrected chi connectivity index (χ2v) is 3.90. The van der Waals surface area contributed by atoms with Crippen LogP contribution in [0.15, 0.2) is 0 Å².